The summed E-state index contributed by atoms with van der Waals surface area (Å²) < 4.78 is 67.1. The maximum absolute atomic E-state index is 12.7. The van der Waals surface area contributed by atoms with Crippen LogP contribution >= 0.6 is 0 Å². The maximum atomic E-state index is 12.7. The summed E-state index contributed by atoms with van der Waals surface area (Å²) in [5.74, 6) is -0.682. The van der Waals surface area contributed by atoms with E-state index in [1.165, 1.54) is 4.90 Å². The lowest BCUT2D eigenvalue weighted by molar-refractivity contribution is -0.274. The summed E-state index contributed by atoms with van der Waals surface area (Å²) in [5, 5.41) is 5.43. The molecular formula is C19H27F3N4O5S. The number of carbonyl (C=O) groups is 2. The van der Waals surface area contributed by atoms with Crippen molar-refractivity contribution in [2.24, 2.45) is 0 Å². The Kier molecular flexibility index (Phi) is 8.73. The zero-order valence-electron chi connectivity index (χ0n) is 17.8. The van der Waals surface area contributed by atoms with Crippen LogP contribution in [0.3, 0.4) is 0 Å². The van der Waals surface area contributed by atoms with E-state index in [1.54, 1.807) is 0 Å². The molecule has 13 heteroatoms. The Morgan fingerprint density at radius 2 is 1.72 bits per heavy atom. The van der Waals surface area contributed by atoms with Crippen LogP contribution in [0.5, 0.6) is 5.75 Å². The third-order valence-corrected chi connectivity index (χ3v) is 6.78. The normalized spacial score (nSPS) is 16.3. The highest BCUT2D eigenvalue weighted by Crippen LogP contribution is 2.25. The van der Waals surface area contributed by atoms with Gasteiger partial charge in [0.15, 0.2) is 0 Å². The number of rotatable bonds is 8. The number of sulfonamides is 1. The van der Waals surface area contributed by atoms with Gasteiger partial charge in [-0.1, -0.05) is 6.92 Å². The highest BCUT2D eigenvalue weighted by Gasteiger charge is 2.32. The number of urea groups is 1. The second kappa shape index (κ2) is 10.9. The fourth-order valence-corrected chi connectivity index (χ4v) is 4.36. The summed E-state index contributed by atoms with van der Waals surface area (Å²) in [6.45, 7) is 4.33. The van der Waals surface area contributed by atoms with Crippen molar-refractivity contribution in [3.8, 4) is 5.75 Å². The molecule has 9 nitrogen and oxygen atoms in total. The van der Waals surface area contributed by atoms with E-state index in [0.29, 0.717) is 0 Å². The van der Waals surface area contributed by atoms with Crippen molar-refractivity contribution in [2.45, 2.75) is 44.0 Å². The highest BCUT2D eigenvalue weighted by atomic mass is 32.2. The van der Waals surface area contributed by atoms with Crippen LogP contribution in [-0.4, -0.2) is 74.7 Å². The minimum Gasteiger partial charge on any atom is -0.406 e. The van der Waals surface area contributed by atoms with E-state index >= 15 is 0 Å². The topological polar surface area (TPSA) is 108 Å². The number of benzene rings is 1. The van der Waals surface area contributed by atoms with Gasteiger partial charge in [0.25, 0.3) is 0 Å². The van der Waals surface area contributed by atoms with Gasteiger partial charge in [0.05, 0.1) is 4.90 Å². The molecule has 32 heavy (non-hydrogen) atoms. The predicted molar refractivity (Wildman–Crippen MR) is 109 cm³/mol. The molecule has 1 aromatic rings. The first-order valence-corrected chi connectivity index (χ1v) is 11.5. The van der Waals surface area contributed by atoms with Gasteiger partial charge in [-0.15, -0.1) is 13.2 Å². The zero-order chi connectivity index (χ0) is 23.9. The molecule has 0 aliphatic carbocycles. The Morgan fingerprint density at radius 1 is 1.12 bits per heavy atom. The summed E-state index contributed by atoms with van der Waals surface area (Å²) in [7, 11) is -3.93. The standard InChI is InChI=1S/C19H27F3N4O5S/c1-3-14(2)24-17(27)8-9-23-18(28)25-10-12-26(13-11-25)32(29,30)16-6-4-15(5-7-16)31-19(20,21)22/h4-7,14H,3,8-13H2,1-2H3,(H,23,28)(H,24,27). The smallest absolute Gasteiger partial charge is 0.406 e. The van der Waals surface area contributed by atoms with Crippen LogP contribution in [0.15, 0.2) is 29.2 Å². The Hall–Kier alpha value is -2.54. The van der Waals surface area contributed by atoms with Gasteiger partial charge in [-0.25, -0.2) is 13.2 Å². The quantitative estimate of drug-likeness (QED) is 0.591. The molecule has 2 N–H and O–H groups in total. The molecule has 1 fully saturated rings. The molecule has 0 radical (unpaired) electrons. The van der Waals surface area contributed by atoms with Crippen molar-refractivity contribution in [3.05, 3.63) is 24.3 Å². The van der Waals surface area contributed by atoms with Crippen LogP contribution in [0, 0.1) is 0 Å². The highest BCUT2D eigenvalue weighted by molar-refractivity contribution is 7.89. The summed E-state index contributed by atoms with van der Waals surface area (Å²) in [4.78, 5) is 25.3. The van der Waals surface area contributed by atoms with E-state index < -0.39 is 28.2 Å². The molecule has 0 bridgehead atoms. The summed E-state index contributed by atoms with van der Waals surface area (Å²) in [6.07, 6.45) is -3.93. The first kappa shape index (κ1) is 25.7. The maximum Gasteiger partial charge on any atom is 0.573 e. The van der Waals surface area contributed by atoms with Gasteiger partial charge in [0.2, 0.25) is 15.9 Å². The van der Waals surface area contributed by atoms with Crippen LogP contribution in [-0.2, 0) is 14.8 Å². The first-order valence-electron chi connectivity index (χ1n) is 10.1. The average Bonchev–Trinajstić information content (AvgIpc) is 2.72. The number of halogens is 3. The largest absolute Gasteiger partial charge is 0.573 e. The van der Waals surface area contributed by atoms with Gasteiger partial charge in [0.1, 0.15) is 5.75 Å². The molecule has 3 amide bonds. The number of nitrogens with zero attached hydrogens (tertiary/aromatic N) is 2. The molecule has 0 aromatic heterocycles. The van der Waals surface area contributed by atoms with Crippen LogP contribution in [0.25, 0.3) is 0 Å². The Labute approximate surface area is 184 Å². The molecule has 1 aliphatic rings. The first-order chi connectivity index (χ1) is 14.9. The van der Waals surface area contributed by atoms with E-state index in [9.17, 15) is 31.2 Å². The molecular weight excluding hydrogens is 453 g/mol. The lowest BCUT2D eigenvalue weighted by Crippen LogP contribution is -2.53. The third-order valence-electron chi connectivity index (χ3n) is 4.87. The SMILES string of the molecule is CCC(C)NC(=O)CCNC(=O)N1CCN(S(=O)(=O)c2ccc(OC(F)(F)F)cc2)CC1. The lowest BCUT2D eigenvalue weighted by atomic mass is 10.2. The fraction of sp³-hybridized carbons (Fsp3) is 0.579. The van der Waals surface area contributed by atoms with E-state index in [4.69, 9.17) is 0 Å². The van der Waals surface area contributed by atoms with Gasteiger partial charge < -0.3 is 20.3 Å². The van der Waals surface area contributed by atoms with Crippen molar-refractivity contribution in [1.29, 1.82) is 0 Å². The number of amides is 3. The van der Waals surface area contributed by atoms with Gasteiger partial charge in [0, 0.05) is 45.2 Å². The van der Waals surface area contributed by atoms with Crippen molar-refractivity contribution in [3.63, 3.8) is 0 Å². The molecule has 1 atom stereocenters. The van der Waals surface area contributed by atoms with E-state index in [1.807, 2.05) is 13.8 Å². The average molecular weight is 481 g/mol. The third kappa shape index (κ3) is 7.55. The lowest BCUT2D eigenvalue weighted by Gasteiger charge is -2.34. The number of carbonyl (C=O) groups excluding carboxylic acids is 2. The number of hydrogen-bond donors (Lipinski definition) is 2. The Morgan fingerprint density at radius 3 is 2.25 bits per heavy atom. The van der Waals surface area contributed by atoms with Crippen molar-refractivity contribution >= 4 is 22.0 Å². The minimum atomic E-state index is -4.87. The second-order valence-electron chi connectivity index (χ2n) is 7.27. The molecule has 1 saturated heterocycles. The van der Waals surface area contributed by atoms with Crippen LogP contribution in [0.1, 0.15) is 26.7 Å². The Bertz CT molecular complexity index is 885. The van der Waals surface area contributed by atoms with Gasteiger partial charge >= 0.3 is 12.4 Å². The Balaban J connectivity index is 1.83. The molecule has 1 heterocycles. The van der Waals surface area contributed by atoms with Crippen molar-refractivity contribution < 1.29 is 35.9 Å². The fourth-order valence-electron chi connectivity index (χ4n) is 2.94. The monoisotopic (exact) mass is 480 g/mol. The summed E-state index contributed by atoms with van der Waals surface area (Å²) >= 11 is 0. The molecule has 0 saturated carbocycles. The second-order valence-corrected chi connectivity index (χ2v) is 9.21. The van der Waals surface area contributed by atoms with Gasteiger partial charge in [-0.05, 0) is 37.6 Å². The number of hydrogen-bond acceptors (Lipinski definition) is 5. The molecule has 0 spiro atoms. The van der Waals surface area contributed by atoms with Crippen molar-refractivity contribution in [1.82, 2.24) is 19.8 Å². The van der Waals surface area contributed by atoms with Crippen LogP contribution in [0.4, 0.5) is 18.0 Å². The number of alkyl halides is 3. The van der Waals surface area contributed by atoms with Gasteiger partial charge in [-0.2, -0.15) is 4.31 Å². The number of piperazine rings is 1. The minimum absolute atomic E-state index is 0.0328. The zero-order valence-corrected chi connectivity index (χ0v) is 18.6. The van der Waals surface area contributed by atoms with E-state index in [-0.39, 0.29) is 56.0 Å². The molecule has 180 valence electrons. The van der Waals surface area contributed by atoms with Crippen LogP contribution < -0.4 is 15.4 Å². The summed E-state index contributed by atoms with van der Waals surface area (Å²) in [6, 6.07) is 3.61. The predicted octanol–water partition coefficient (Wildman–Crippen LogP) is 1.91. The number of nitrogens with one attached hydrogen (secondary N) is 2. The van der Waals surface area contributed by atoms with Crippen molar-refractivity contribution in [2.75, 3.05) is 32.7 Å². The molecule has 1 aliphatic heterocycles. The number of ether oxygens (including phenoxy) is 1. The summed E-state index contributed by atoms with van der Waals surface area (Å²) in [5.41, 5.74) is 0. The van der Waals surface area contributed by atoms with E-state index in [0.717, 1.165) is 35.0 Å². The van der Waals surface area contributed by atoms with Gasteiger partial charge in [-0.3, -0.25) is 4.79 Å². The van der Waals surface area contributed by atoms with E-state index in [2.05, 4.69) is 15.4 Å². The van der Waals surface area contributed by atoms with Crippen LogP contribution in [0.2, 0.25) is 0 Å². The molecule has 2 rings (SSSR count). The molecule has 1 unspecified atom stereocenters. The molecule has 1 aromatic carbocycles.